The predicted molar refractivity (Wildman–Crippen MR) is 131 cm³/mol. The van der Waals surface area contributed by atoms with E-state index in [1.807, 2.05) is 42.5 Å². The Labute approximate surface area is 211 Å². The molecule has 0 aromatic heterocycles. The van der Waals surface area contributed by atoms with E-state index in [1.54, 1.807) is 11.8 Å². The zero-order valence-corrected chi connectivity index (χ0v) is 20.3. The second kappa shape index (κ2) is 11.1. The van der Waals surface area contributed by atoms with Crippen molar-refractivity contribution in [3.05, 3.63) is 89.0 Å². The number of esters is 1. The Bertz CT molecular complexity index is 1240. The minimum Gasteiger partial charge on any atom is -0.489 e. The van der Waals surface area contributed by atoms with E-state index in [2.05, 4.69) is 0 Å². The van der Waals surface area contributed by atoms with E-state index in [1.165, 1.54) is 24.1 Å². The van der Waals surface area contributed by atoms with Gasteiger partial charge in [-0.05, 0) is 53.9 Å². The molecule has 0 radical (unpaired) electrons. The highest BCUT2D eigenvalue weighted by Crippen LogP contribution is 2.34. The molecule has 9 heteroatoms. The molecular weight excluding hydrogens is 491 g/mol. The number of carbonyl (C=O) groups excluding carboxylic acids is 2. The summed E-state index contributed by atoms with van der Waals surface area (Å²) >= 11 is 1.61. The SMILES string of the molecule is COC(=O)CN1C(=O)CCc2cc(SCc3ccccc3OCc3ccc(C(F)(F)F)cc3)ccc21. The van der Waals surface area contributed by atoms with Gasteiger partial charge in [-0.25, -0.2) is 0 Å². The van der Waals surface area contributed by atoms with E-state index >= 15 is 0 Å². The number of alkyl halides is 3. The number of rotatable bonds is 8. The highest BCUT2D eigenvalue weighted by atomic mass is 32.2. The third kappa shape index (κ3) is 6.20. The number of hydrogen-bond acceptors (Lipinski definition) is 5. The van der Waals surface area contributed by atoms with Crippen molar-refractivity contribution >= 4 is 29.3 Å². The zero-order chi connectivity index (χ0) is 25.7. The summed E-state index contributed by atoms with van der Waals surface area (Å²) < 4.78 is 48.9. The topological polar surface area (TPSA) is 55.8 Å². The lowest BCUT2D eigenvalue weighted by atomic mass is 10.0. The highest BCUT2D eigenvalue weighted by molar-refractivity contribution is 7.98. The van der Waals surface area contributed by atoms with Crippen LogP contribution in [0.3, 0.4) is 0 Å². The van der Waals surface area contributed by atoms with Gasteiger partial charge in [0.1, 0.15) is 18.9 Å². The summed E-state index contributed by atoms with van der Waals surface area (Å²) in [5, 5.41) is 0. The molecule has 0 unspecified atom stereocenters. The lowest BCUT2D eigenvalue weighted by Crippen LogP contribution is -2.39. The molecule has 36 heavy (non-hydrogen) atoms. The van der Waals surface area contributed by atoms with Gasteiger partial charge in [0.05, 0.1) is 12.7 Å². The van der Waals surface area contributed by atoms with Crippen LogP contribution >= 0.6 is 11.8 Å². The second-order valence-corrected chi connectivity index (χ2v) is 9.28. The van der Waals surface area contributed by atoms with Crippen LogP contribution in [-0.2, 0) is 39.3 Å². The summed E-state index contributed by atoms with van der Waals surface area (Å²) in [6, 6.07) is 18.3. The van der Waals surface area contributed by atoms with Gasteiger partial charge in [0.25, 0.3) is 0 Å². The van der Waals surface area contributed by atoms with E-state index in [4.69, 9.17) is 9.47 Å². The summed E-state index contributed by atoms with van der Waals surface area (Å²) in [5.74, 6) is 0.708. The predicted octanol–water partition coefficient (Wildman–Crippen LogP) is 6.03. The van der Waals surface area contributed by atoms with E-state index in [0.717, 1.165) is 33.8 Å². The van der Waals surface area contributed by atoms with Crippen LogP contribution in [0.4, 0.5) is 18.9 Å². The number of amides is 1. The molecule has 0 fully saturated rings. The minimum atomic E-state index is -4.37. The number of aryl methyl sites for hydroxylation is 1. The van der Waals surface area contributed by atoms with Gasteiger partial charge < -0.3 is 14.4 Å². The highest BCUT2D eigenvalue weighted by Gasteiger charge is 2.30. The Morgan fingerprint density at radius 2 is 1.78 bits per heavy atom. The number of ether oxygens (including phenoxy) is 2. The fourth-order valence-electron chi connectivity index (χ4n) is 3.87. The van der Waals surface area contributed by atoms with Gasteiger partial charge >= 0.3 is 12.1 Å². The normalized spacial score (nSPS) is 13.3. The molecule has 0 atom stereocenters. The third-order valence-corrected chi connectivity index (χ3v) is 6.85. The van der Waals surface area contributed by atoms with E-state index in [0.29, 0.717) is 29.9 Å². The van der Waals surface area contributed by atoms with Crippen LogP contribution in [-0.4, -0.2) is 25.5 Å². The van der Waals surface area contributed by atoms with Crippen LogP contribution in [0, 0.1) is 0 Å². The average molecular weight is 516 g/mol. The Morgan fingerprint density at radius 1 is 1.03 bits per heavy atom. The first-order chi connectivity index (χ1) is 17.2. The largest absolute Gasteiger partial charge is 0.489 e. The van der Waals surface area contributed by atoms with Crippen molar-refractivity contribution in [3.8, 4) is 5.75 Å². The molecule has 0 aliphatic carbocycles. The smallest absolute Gasteiger partial charge is 0.416 e. The lowest BCUT2D eigenvalue weighted by Gasteiger charge is -2.28. The number of thioether (sulfide) groups is 1. The molecule has 3 aromatic carbocycles. The van der Waals surface area contributed by atoms with Crippen molar-refractivity contribution in [2.45, 2.75) is 36.3 Å². The van der Waals surface area contributed by atoms with Crippen molar-refractivity contribution in [2.75, 3.05) is 18.6 Å². The molecule has 1 heterocycles. The Balaban J connectivity index is 1.41. The van der Waals surface area contributed by atoms with Crippen molar-refractivity contribution in [1.82, 2.24) is 0 Å². The average Bonchev–Trinajstić information content (AvgIpc) is 2.88. The van der Waals surface area contributed by atoms with Gasteiger partial charge in [0.15, 0.2) is 0 Å². The Morgan fingerprint density at radius 3 is 2.50 bits per heavy atom. The molecule has 4 rings (SSSR count). The summed E-state index contributed by atoms with van der Waals surface area (Å²) in [5.41, 5.74) is 2.63. The van der Waals surface area contributed by atoms with Gasteiger partial charge in [-0.1, -0.05) is 30.3 Å². The van der Waals surface area contributed by atoms with Crippen molar-refractivity contribution in [3.63, 3.8) is 0 Å². The molecule has 1 aliphatic rings. The molecule has 0 bridgehead atoms. The van der Waals surface area contributed by atoms with E-state index in [9.17, 15) is 22.8 Å². The number of anilines is 1. The number of nitrogens with zero attached hydrogens (tertiary/aromatic N) is 1. The monoisotopic (exact) mass is 515 g/mol. The maximum atomic E-state index is 12.8. The summed E-state index contributed by atoms with van der Waals surface area (Å²) in [4.78, 5) is 26.5. The Kier molecular flexibility index (Phi) is 7.88. The molecule has 3 aromatic rings. The van der Waals surface area contributed by atoms with E-state index < -0.39 is 17.7 Å². The van der Waals surface area contributed by atoms with Gasteiger partial charge in [-0.2, -0.15) is 13.2 Å². The molecule has 0 N–H and O–H groups in total. The van der Waals surface area contributed by atoms with Crippen molar-refractivity contribution in [1.29, 1.82) is 0 Å². The number of benzene rings is 3. The van der Waals surface area contributed by atoms with Crippen LogP contribution in [0.25, 0.3) is 0 Å². The number of methoxy groups -OCH3 is 1. The van der Waals surface area contributed by atoms with Crippen LogP contribution in [0.2, 0.25) is 0 Å². The number of fused-ring (bicyclic) bond motifs is 1. The molecule has 0 saturated carbocycles. The lowest BCUT2D eigenvalue weighted by molar-refractivity contribution is -0.140. The van der Waals surface area contributed by atoms with Crippen LogP contribution < -0.4 is 9.64 Å². The third-order valence-electron chi connectivity index (χ3n) is 5.81. The molecular formula is C27H24F3NO4S. The maximum Gasteiger partial charge on any atom is 0.416 e. The van der Waals surface area contributed by atoms with Crippen molar-refractivity contribution < 1.29 is 32.2 Å². The first kappa shape index (κ1) is 25.6. The second-order valence-electron chi connectivity index (χ2n) is 8.23. The van der Waals surface area contributed by atoms with Crippen LogP contribution in [0.1, 0.15) is 28.7 Å². The summed E-state index contributed by atoms with van der Waals surface area (Å²) in [6.45, 7) is 0.0428. The van der Waals surface area contributed by atoms with Crippen LogP contribution in [0.5, 0.6) is 5.75 Å². The summed E-state index contributed by atoms with van der Waals surface area (Å²) in [7, 11) is 1.29. The van der Waals surface area contributed by atoms with Crippen LogP contribution in [0.15, 0.2) is 71.6 Å². The molecule has 1 aliphatic heterocycles. The summed E-state index contributed by atoms with van der Waals surface area (Å²) in [6.07, 6.45) is -3.43. The Hall–Kier alpha value is -3.46. The number of para-hydroxylation sites is 1. The maximum absolute atomic E-state index is 12.8. The van der Waals surface area contributed by atoms with Gasteiger partial charge in [0, 0.05) is 28.3 Å². The quantitative estimate of drug-likeness (QED) is 0.271. The fraction of sp³-hybridized carbons (Fsp3) is 0.259. The number of halogens is 3. The number of carbonyl (C=O) groups is 2. The van der Waals surface area contributed by atoms with Gasteiger partial charge in [-0.3, -0.25) is 9.59 Å². The standard InChI is InChI=1S/C27H24F3NO4S/c1-34-26(33)15-31-23-12-11-22(14-19(23)8-13-25(31)32)36-17-20-4-2-3-5-24(20)35-16-18-6-9-21(10-7-18)27(28,29)30/h2-7,9-12,14H,8,13,15-17H2,1H3. The molecule has 0 saturated heterocycles. The number of hydrogen-bond donors (Lipinski definition) is 0. The molecule has 5 nitrogen and oxygen atoms in total. The van der Waals surface area contributed by atoms with Gasteiger partial charge in [0.2, 0.25) is 5.91 Å². The zero-order valence-electron chi connectivity index (χ0n) is 19.5. The van der Waals surface area contributed by atoms with Crippen molar-refractivity contribution in [2.24, 2.45) is 0 Å². The van der Waals surface area contributed by atoms with E-state index in [-0.39, 0.29) is 19.1 Å². The fourth-order valence-corrected chi connectivity index (χ4v) is 4.82. The first-order valence-electron chi connectivity index (χ1n) is 11.2. The first-order valence-corrected chi connectivity index (χ1v) is 12.2. The minimum absolute atomic E-state index is 0.104. The molecule has 0 spiro atoms. The molecule has 188 valence electrons. The molecule has 1 amide bonds. The van der Waals surface area contributed by atoms with Gasteiger partial charge in [-0.15, -0.1) is 11.8 Å².